The van der Waals surface area contributed by atoms with Crippen molar-refractivity contribution in [3.63, 3.8) is 0 Å². The average Bonchev–Trinajstić information content (AvgIpc) is 3.03. The zero-order valence-electron chi connectivity index (χ0n) is 26.1. The van der Waals surface area contributed by atoms with Gasteiger partial charge in [-0.2, -0.15) is 0 Å². The van der Waals surface area contributed by atoms with E-state index in [4.69, 9.17) is 0 Å². The van der Waals surface area contributed by atoms with Gasteiger partial charge in [-0.1, -0.05) is 32.0 Å². The molecule has 1 aliphatic rings. The van der Waals surface area contributed by atoms with Gasteiger partial charge in [0.15, 0.2) is 0 Å². The predicted octanol–water partition coefficient (Wildman–Crippen LogP) is 4.35. The van der Waals surface area contributed by atoms with E-state index in [1.165, 1.54) is 6.07 Å². The van der Waals surface area contributed by atoms with Gasteiger partial charge in [-0.05, 0) is 79.8 Å². The highest BCUT2D eigenvalue weighted by Gasteiger charge is 2.34. The van der Waals surface area contributed by atoms with Crippen molar-refractivity contribution < 1.29 is 28.3 Å². The molecule has 45 heavy (non-hydrogen) atoms. The van der Waals surface area contributed by atoms with E-state index in [1.807, 2.05) is 19.9 Å². The Morgan fingerprint density at radius 1 is 0.956 bits per heavy atom. The van der Waals surface area contributed by atoms with Crippen molar-refractivity contribution >= 4 is 17.7 Å². The third-order valence-electron chi connectivity index (χ3n) is 7.89. The maximum Gasteiger partial charge on any atom is 0.253 e. The molecule has 0 radical (unpaired) electrons. The Morgan fingerprint density at radius 3 is 2.24 bits per heavy atom. The third-order valence-corrected chi connectivity index (χ3v) is 7.89. The number of nitrogens with one attached hydrogen (secondary N) is 2. The fraction of sp³-hybridized carbons (Fsp3) is 0.400. The number of piperazine rings is 1. The van der Waals surface area contributed by atoms with Crippen molar-refractivity contribution in [1.82, 2.24) is 20.4 Å². The summed E-state index contributed by atoms with van der Waals surface area (Å²) in [5.74, 6) is -2.44. The van der Waals surface area contributed by atoms with Crippen molar-refractivity contribution in [2.75, 3.05) is 32.7 Å². The van der Waals surface area contributed by atoms with E-state index in [0.717, 1.165) is 31.0 Å². The molecule has 0 aromatic heterocycles. The fourth-order valence-electron chi connectivity index (χ4n) is 5.80. The maximum atomic E-state index is 14.1. The molecule has 3 amide bonds. The van der Waals surface area contributed by atoms with Crippen molar-refractivity contribution in [2.45, 2.75) is 58.2 Å². The van der Waals surface area contributed by atoms with E-state index >= 15 is 0 Å². The Bertz CT molecular complexity index is 1460. The first kappa shape index (κ1) is 33.7. The van der Waals surface area contributed by atoms with Crippen LogP contribution in [0.15, 0.2) is 66.7 Å². The second-order valence-corrected chi connectivity index (χ2v) is 11.6. The van der Waals surface area contributed by atoms with E-state index in [1.54, 1.807) is 53.1 Å². The summed E-state index contributed by atoms with van der Waals surface area (Å²) in [4.78, 5) is 43.6. The molecule has 3 atom stereocenters. The molecule has 3 aromatic carbocycles. The largest absolute Gasteiger partial charge is 0.389 e. The topological polar surface area (TPSA) is 102 Å². The zero-order chi connectivity index (χ0) is 32.5. The lowest BCUT2D eigenvalue weighted by atomic mass is 9.94. The average molecular weight is 621 g/mol. The van der Waals surface area contributed by atoms with Crippen LogP contribution in [0.2, 0.25) is 0 Å². The number of benzene rings is 3. The summed E-state index contributed by atoms with van der Waals surface area (Å²) < 4.78 is 28.2. The van der Waals surface area contributed by atoms with Crippen LogP contribution in [0, 0.1) is 18.6 Å². The van der Waals surface area contributed by atoms with Crippen LogP contribution in [-0.4, -0.2) is 83.5 Å². The molecule has 0 saturated carbocycles. The van der Waals surface area contributed by atoms with E-state index in [0.29, 0.717) is 42.9 Å². The van der Waals surface area contributed by atoms with E-state index in [-0.39, 0.29) is 35.9 Å². The molecule has 1 fully saturated rings. The Balaban J connectivity index is 1.59. The quantitative estimate of drug-likeness (QED) is 0.280. The number of amides is 3. The summed E-state index contributed by atoms with van der Waals surface area (Å²) in [6.07, 6.45) is 0.288. The lowest BCUT2D eigenvalue weighted by Gasteiger charge is -2.39. The number of halogens is 2. The molecule has 0 bridgehead atoms. The molecule has 1 saturated heterocycles. The molecule has 1 heterocycles. The number of rotatable bonds is 12. The number of carbonyl (C=O) groups is 3. The number of aryl methyl sites for hydroxylation is 1. The Kier molecular flexibility index (Phi) is 11.8. The van der Waals surface area contributed by atoms with Crippen LogP contribution in [0.4, 0.5) is 8.78 Å². The highest BCUT2D eigenvalue weighted by Crippen LogP contribution is 2.18. The Labute approximate surface area is 263 Å². The van der Waals surface area contributed by atoms with E-state index in [2.05, 4.69) is 10.6 Å². The molecule has 1 unspecified atom stereocenters. The van der Waals surface area contributed by atoms with Crippen molar-refractivity contribution in [1.29, 1.82) is 0 Å². The minimum absolute atomic E-state index is 0.0786. The summed E-state index contributed by atoms with van der Waals surface area (Å²) in [5.41, 5.74) is 2.10. The van der Waals surface area contributed by atoms with Crippen LogP contribution in [0.3, 0.4) is 0 Å². The number of carbonyl (C=O) groups excluding carboxylic acids is 3. The highest BCUT2D eigenvalue weighted by atomic mass is 19.1. The van der Waals surface area contributed by atoms with Gasteiger partial charge in [-0.3, -0.25) is 14.4 Å². The van der Waals surface area contributed by atoms with Crippen molar-refractivity contribution in [2.24, 2.45) is 0 Å². The van der Waals surface area contributed by atoms with Gasteiger partial charge in [0.1, 0.15) is 11.6 Å². The van der Waals surface area contributed by atoms with Gasteiger partial charge in [-0.25, -0.2) is 8.78 Å². The van der Waals surface area contributed by atoms with E-state index < -0.39 is 35.7 Å². The van der Waals surface area contributed by atoms with Crippen LogP contribution in [0.1, 0.15) is 68.9 Å². The molecule has 0 aliphatic carbocycles. The molecule has 1 aliphatic heterocycles. The third kappa shape index (κ3) is 8.95. The normalized spacial score (nSPS) is 16.1. The second-order valence-electron chi connectivity index (χ2n) is 11.6. The first-order chi connectivity index (χ1) is 21.6. The number of hydrogen-bond acceptors (Lipinski definition) is 5. The molecular formula is C35H42F2N4O4. The summed E-state index contributed by atoms with van der Waals surface area (Å²) in [6, 6.07) is 15.2. The first-order valence-corrected chi connectivity index (χ1v) is 15.5. The van der Waals surface area contributed by atoms with Gasteiger partial charge in [0.2, 0.25) is 0 Å². The molecular weight excluding hydrogens is 578 g/mol. The van der Waals surface area contributed by atoms with Gasteiger partial charge < -0.3 is 25.5 Å². The minimum Gasteiger partial charge on any atom is -0.389 e. The molecule has 4 rings (SSSR count). The molecule has 3 N–H and O–H groups in total. The van der Waals surface area contributed by atoms with Crippen molar-refractivity contribution in [3.05, 3.63) is 106 Å². The number of aliphatic hydroxyl groups is 1. The minimum atomic E-state index is -1.23. The smallest absolute Gasteiger partial charge is 0.253 e. The number of hydrogen-bond donors (Lipinski definition) is 3. The SMILES string of the molecule is CCCN(CCC)C(=O)c1cc(C)cc(C(=O)N[C@@H](Cc2cc(F)cc(F)c2)C(O)[C@H]2CN(C(=O)c3ccccc3)CCN2)c1. The van der Waals surface area contributed by atoms with Crippen LogP contribution in [-0.2, 0) is 6.42 Å². The van der Waals surface area contributed by atoms with Crippen molar-refractivity contribution in [3.8, 4) is 0 Å². The standard InChI is InChI=1S/C35H42F2N4O4/c1-4-12-40(13-5-2)35(45)27-16-23(3)15-26(20-27)33(43)39-30(19-24-17-28(36)21-29(37)18-24)32(42)31-22-41(14-11-38-31)34(44)25-9-7-6-8-10-25/h6-10,15-18,20-21,30-32,38,42H,4-5,11-14,19,22H2,1-3H3,(H,39,43)/t30-,31+,32?/m0/s1. The lowest BCUT2D eigenvalue weighted by molar-refractivity contribution is 0.0409. The maximum absolute atomic E-state index is 14.1. The summed E-state index contributed by atoms with van der Waals surface area (Å²) in [6.45, 7) is 7.98. The lowest BCUT2D eigenvalue weighted by Crippen LogP contribution is -2.62. The molecule has 3 aromatic rings. The van der Waals surface area contributed by atoms with E-state index in [9.17, 15) is 28.3 Å². The van der Waals surface area contributed by atoms with Crippen LogP contribution in [0.5, 0.6) is 0 Å². The molecule has 10 heteroatoms. The van der Waals surface area contributed by atoms with Gasteiger partial charge >= 0.3 is 0 Å². The molecule has 0 spiro atoms. The summed E-state index contributed by atoms with van der Waals surface area (Å²) in [7, 11) is 0. The van der Waals surface area contributed by atoms with Crippen LogP contribution < -0.4 is 10.6 Å². The zero-order valence-corrected chi connectivity index (χ0v) is 26.1. The first-order valence-electron chi connectivity index (χ1n) is 15.5. The van der Waals surface area contributed by atoms with Gasteiger partial charge in [0, 0.05) is 55.5 Å². The monoisotopic (exact) mass is 620 g/mol. The van der Waals surface area contributed by atoms with Gasteiger partial charge in [0.05, 0.1) is 18.2 Å². The fourth-order valence-corrected chi connectivity index (χ4v) is 5.80. The Morgan fingerprint density at radius 2 is 1.60 bits per heavy atom. The van der Waals surface area contributed by atoms with Gasteiger partial charge in [0.25, 0.3) is 17.7 Å². The summed E-state index contributed by atoms with van der Waals surface area (Å²) >= 11 is 0. The predicted molar refractivity (Wildman–Crippen MR) is 169 cm³/mol. The Hall–Kier alpha value is -4.15. The number of aliphatic hydroxyl groups excluding tert-OH is 1. The van der Waals surface area contributed by atoms with Gasteiger partial charge in [-0.15, -0.1) is 0 Å². The molecule has 240 valence electrons. The molecule has 8 nitrogen and oxygen atoms in total. The second kappa shape index (κ2) is 15.7. The van der Waals surface area contributed by atoms with Crippen LogP contribution >= 0.6 is 0 Å². The van der Waals surface area contributed by atoms with Crippen LogP contribution in [0.25, 0.3) is 0 Å². The number of nitrogens with zero attached hydrogens (tertiary/aromatic N) is 2. The summed E-state index contributed by atoms with van der Waals surface area (Å²) in [5, 5.41) is 17.7. The highest BCUT2D eigenvalue weighted by molar-refractivity contribution is 6.00.